The van der Waals surface area contributed by atoms with Crippen LogP contribution in [0.5, 0.6) is 0 Å². The van der Waals surface area contributed by atoms with E-state index in [4.69, 9.17) is 5.73 Å². The lowest BCUT2D eigenvalue weighted by Gasteiger charge is -2.16. The maximum atomic E-state index is 11.1. The number of allylic oxidation sites excluding steroid dienone is 1. The number of carbonyl (C=O) groups is 1. The quantitative estimate of drug-likeness (QED) is 0.507. The summed E-state index contributed by atoms with van der Waals surface area (Å²) < 4.78 is 4.61. The molecule has 0 spiro atoms. The first-order chi connectivity index (χ1) is 6.22. The molecule has 0 heterocycles. The van der Waals surface area contributed by atoms with Crippen molar-refractivity contribution in [3.63, 3.8) is 0 Å². The highest BCUT2D eigenvalue weighted by Crippen LogP contribution is 2.49. The average molecular weight is 181 g/mol. The second-order valence-electron chi connectivity index (χ2n) is 3.98. The summed E-state index contributed by atoms with van der Waals surface area (Å²) in [6.45, 7) is 0. The molecule has 13 heavy (non-hydrogen) atoms. The van der Waals surface area contributed by atoms with Gasteiger partial charge in [0.1, 0.15) is 6.04 Å². The summed E-state index contributed by atoms with van der Waals surface area (Å²) >= 11 is 0. The number of carbonyl (C=O) groups excluding carboxylic acids is 1. The standard InChI is InChI=1S/C10H15NO2/c1-13-10(12)9(11)7-3-2-6-4-8(6)5-7/h3,6,8-9H,2,4-5,11H2,1H3/t6?,8?,9-/m1/s1. The molecule has 2 aliphatic carbocycles. The SMILES string of the molecule is COC(=O)[C@H](N)C1=CCC2CC2C1. The lowest BCUT2D eigenvalue weighted by Crippen LogP contribution is -2.34. The van der Waals surface area contributed by atoms with E-state index < -0.39 is 6.04 Å². The van der Waals surface area contributed by atoms with Crippen molar-refractivity contribution in [3.8, 4) is 0 Å². The van der Waals surface area contributed by atoms with Crippen molar-refractivity contribution >= 4 is 5.97 Å². The molecule has 2 N–H and O–H groups in total. The molecule has 3 atom stereocenters. The van der Waals surface area contributed by atoms with E-state index >= 15 is 0 Å². The van der Waals surface area contributed by atoms with E-state index in [-0.39, 0.29) is 5.97 Å². The van der Waals surface area contributed by atoms with Crippen LogP contribution in [0.2, 0.25) is 0 Å². The molecule has 3 heteroatoms. The molecule has 0 aromatic heterocycles. The Labute approximate surface area is 77.9 Å². The van der Waals surface area contributed by atoms with E-state index in [1.54, 1.807) is 0 Å². The van der Waals surface area contributed by atoms with Crippen LogP contribution in [-0.4, -0.2) is 19.1 Å². The van der Waals surface area contributed by atoms with E-state index in [1.165, 1.54) is 13.5 Å². The van der Waals surface area contributed by atoms with E-state index in [2.05, 4.69) is 10.8 Å². The maximum Gasteiger partial charge on any atom is 0.326 e. The Balaban J connectivity index is 1.99. The van der Waals surface area contributed by atoms with Gasteiger partial charge in [-0.15, -0.1) is 0 Å². The van der Waals surface area contributed by atoms with Crippen molar-refractivity contribution in [2.75, 3.05) is 7.11 Å². The second kappa shape index (κ2) is 3.14. The zero-order chi connectivity index (χ0) is 9.42. The number of hydrogen-bond donors (Lipinski definition) is 1. The van der Waals surface area contributed by atoms with Gasteiger partial charge in [-0.2, -0.15) is 0 Å². The highest BCUT2D eigenvalue weighted by Gasteiger charge is 2.40. The van der Waals surface area contributed by atoms with Gasteiger partial charge >= 0.3 is 5.97 Å². The molecule has 2 rings (SSSR count). The van der Waals surface area contributed by atoms with Crippen molar-refractivity contribution < 1.29 is 9.53 Å². The van der Waals surface area contributed by atoms with E-state index in [9.17, 15) is 4.79 Å². The first-order valence-electron chi connectivity index (χ1n) is 4.74. The van der Waals surface area contributed by atoms with Gasteiger partial charge in [-0.3, -0.25) is 4.79 Å². The van der Waals surface area contributed by atoms with Gasteiger partial charge in [-0.25, -0.2) is 0 Å². The highest BCUT2D eigenvalue weighted by atomic mass is 16.5. The number of esters is 1. The fraction of sp³-hybridized carbons (Fsp3) is 0.700. The summed E-state index contributed by atoms with van der Waals surface area (Å²) in [5.74, 6) is 1.37. The van der Waals surface area contributed by atoms with Crippen LogP contribution in [-0.2, 0) is 9.53 Å². The lowest BCUT2D eigenvalue weighted by atomic mass is 9.94. The molecule has 0 bridgehead atoms. The minimum absolute atomic E-state index is 0.314. The molecular weight excluding hydrogens is 166 g/mol. The number of methoxy groups -OCH3 is 1. The van der Waals surface area contributed by atoms with E-state index in [0.29, 0.717) is 0 Å². The number of fused-ring (bicyclic) bond motifs is 1. The number of hydrogen-bond acceptors (Lipinski definition) is 3. The van der Waals surface area contributed by atoms with Gasteiger partial charge in [0.15, 0.2) is 0 Å². The molecular formula is C10H15NO2. The average Bonchev–Trinajstić information content (AvgIpc) is 2.92. The van der Waals surface area contributed by atoms with Gasteiger partial charge in [-0.05, 0) is 36.7 Å². The third-order valence-corrected chi connectivity index (χ3v) is 3.10. The van der Waals surface area contributed by atoms with Crippen molar-refractivity contribution in [1.82, 2.24) is 0 Å². The van der Waals surface area contributed by atoms with Crippen LogP contribution in [0.4, 0.5) is 0 Å². The minimum Gasteiger partial charge on any atom is -0.468 e. The Hall–Kier alpha value is -0.830. The second-order valence-corrected chi connectivity index (χ2v) is 3.98. The Kier molecular flexibility index (Phi) is 2.12. The monoisotopic (exact) mass is 181 g/mol. The molecule has 72 valence electrons. The Morgan fingerprint density at radius 3 is 3.08 bits per heavy atom. The van der Waals surface area contributed by atoms with Gasteiger partial charge < -0.3 is 10.5 Å². The summed E-state index contributed by atoms with van der Waals surface area (Å²) in [5, 5.41) is 0. The van der Waals surface area contributed by atoms with E-state index in [0.717, 1.165) is 30.3 Å². The first kappa shape index (κ1) is 8.75. The topological polar surface area (TPSA) is 52.3 Å². The fourth-order valence-electron chi connectivity index (χ4n) is 2.07. The van der Waals surface area contributed by atoms with Crippen LogP contribution < -0.4 is 5.73 Å². The van der Waals surface area contributed by atoms with Crippen LogP contribution in [0, 0.1) is 11.8 Å². The third kappa shape index (κ3) is 1.61. The van der Waals surface area contributed by atoms with Crippen LogP contribution in [0.15, 0.2) is 11.6 Å². The van der Waals surface area contributed by atoms with Crippen molar-refractivity contribution in [3.05, 3.63) is 11.6 Å². The molecule has 1 saturated carbocycles. The normalized spacial score (nSPS) is 32.9. The molecule has 0 radical (unpaired) electrons. The highest BCUT2D eigenvalue weighted by molar-refractivity contribution is 5.79. The molecule has 0 saturated heterocycles. The predicted molar refractivity (Wildman–Crippen MR) is 48.9 cm³/mol. The van der Waals surface area contributed by atoms with E-state index in [1.807, 2.05) is 0 Å². The Bertz CT molecular complexity index is 260. The van der Waals surface area contributed by atoms with Gasteiger partial charge in [0.2, 0.25) is 0 Å². The Morgan fingerprint density at radius 2 is 2.46 bits per heavy atom. The Morgan fingerprint density at radius 1 is 1.69 bits per heavy atom. The first-order valence-corrected chi connectivity index (χ1v) is 4.74. The zero-order valence-electron chi connectivity index (χ0n) is 7.82. The minimum atomic E-state index is -0.522. The van der Waals surface area contributed by atoms with Gasteiger partial charge in [0.25, 0.3) is 0 Å². The molecule has 2 aliphatic rings. The zero-order valence-corrected chi connectivity index (χ0v) is 7.82. The number of ether oxygens (including phenoxy) is 1. The number of nitrogens with two attached hydrogens (primary N) is 1. The number of rotatable bonds is 2. The van der Waals surface area contributed by atoms with Crippen molar-refractivity contribution in [2.45, 2.75) is 25.3 Å². The van der Waals surface area contributed by atoms with Gasteiger partial charge in [0, 0.05) is 0 Å². The smallest absolute Gasteiger partial charge is 0.326 e. The summed E-state index contributed by atoms with van der Waals surface area (Å²) in [7, 11) is 1.38. The predicted octanol–water partition coefficient (Wildman–Crippen LogP) is 0.843. The summed E-state index contributed by atoms with van der Waals surface area (Å²) in [6.07, 6.45) is 5.54. The fourth-order valence-corrected chi connectivity index (χ4v) is 2.07. The molecule has 0 aromatic rings. The molecule has 3 nitrogen and oxygen atoms in total. The third-order valence-electron chi connectivity index (χ3n) is 3.10. The summed E-state index contributed by atoms with van der Waals surface area (Å²) in [4.78, 5) is 11.1. The summed E-state index contributed by atoms with van der Waals surface area (Å²) in [5.41, 5.74) is 6.82. The maximum absolute atomic E-state index is 11.1. The lowest BCUT2D eigenvalue weighted by molar-refractivity contribution is -0.141. The summed E-state index contributed by atoms with van der Waals surface area (Å²) in [6, 6.07) is -0.522. The van der Waals surface area contributed by atoms with Crippen molar-refractivity contribution in [1.29, 1.82) is 0 Å². The van der Waals surface area contributed by atoms with Crippen molar-refractivity contribution in [2.24, 2.45) is 17.6 Å². The molecule has 0 amide bonds. The van der Waals surface area contributed by atoms with Crippen LogP contribution in [0.3, 0.4) is 0 Å². The van der Waals surface area contributed by atoms with Crippen LogP contribution in [0.25, 0.3) is 0 Å². The molecule has 2 unspecified atom stereocenters. The largest absolute Gasteiger partial charge is 0.468 e. The molecule has 0 aromatic carbocycles. The van der Waals surface area contributed by atoms with Crippen LogP contribution in [0.1, 0.15) is 19.3 Å². The molecule has 0 aliphatic heterocycles. The van der Waals surface area contributed by atoms with Gasteiger partial charge in [0.05, 0.1) is 7.11 Å². The van der Waals surface area contributed by atoms with Crippen LogP contribution >= 0.6 is 0 Å². The molecule has 1 fully saturated rings. The van der Waals surface area contributed by atoms with Gasteiger partial charge in [-0.1, -0.05) is 6.08 Å².